The molecule has 0 radical (unpaired) electrons. The van der Waals surface area contributed by atoms with E-state index in [1.807, 2.05) is 0 Å². The van der Waals surface area contributed by atoms with Crippen molar-refractivity contribution in [1.82, 2.24) is 5.32 Å². The van der Waals surface area contributed by atoms with E-state index in [-0.39, 0.29) is 12.5 Å². The Morgan fingerprint density at radius 2 is 2.06 bits per heavy atom. The van der Waals surface area contributed by atoms with Crippen molar-refractivity contribution in [3.05, 3.63) is 29.8 Å². The van der Waals surface area contributed by atoms with Gasteiger partial charge in [-0.1, -0.05) is 19.8 Å². The number of amides is 1. The lowest BCUT2D eigenvalue weighted by molar-refractivity contribution is 0.0949. The van der Waals surface area contributed by atoms with Gasteiger partial charge in [0.15, 0.2) is 0 Å². The van der Waals surface area contributed by atoms with Crippen LogP contribution < -0.4 is 10.1 Å². The molecule has 0 heterocycles. The molecule has 0 aliphatic rings. The fourth-order valence-electron chi connectivity index (χ4n) is 1.23. The normalized spacial score (nSPS) is 9.76. The molecule has 90 valence electrons. The number of terminal acetylenes is 1. The number of ether oxygens (including phenoxy) is 1. The number of benzene rings is 1. The van der Waals surface area contributed by atoms with Crippen LogP contribution in [-0.2, 0) is 0 Å². The van der Waals surface area contributed by atoms with E-state index in [4.69, 9.17) is 11.2 Å². The zero-order valence-electron chi connectivity index (χ0n) is 10.2. The highest BCUT2D eigenvalue weighted by atomic mass is 16.5. The van der Waals surface area contributed by atoms with Gasteiger partial charge in [0, 0.05) is 12.1 Å². The van der Waals surface area contributed by atoms with Crippen LogP contribution >= 0.6 is 0 Å². The molecule has 17 heavy (non-hydrogen) atoms. The Kier molecular flexibility index (Phi) is 5.09. The molecule has 0 spiro atoms. The molecule has 0 saturated heterocycles. The Labute approximate surface area is 102 Å². The lowest BCUT2D eigenvalue weighted by Crippen LogP contribution is -2.27. The van der Waals surface area contributed by atoms with E-state index in [2.05, 4.69) is 25.1 Å². The highest BCUT2D eigenvalue weighted by Gasteiger charge is 2.05. The van der Waals surface area contributed by atoms with Gasteiger partial charge in [-0.15, -0.1) is 6.42 Å². The van der Waals surface area contributed by atoms with Crippen molar-refractivity contribution < 1.29 is 9.53 Å². The van der Waals surface area contributed by atoms with Gasteiger partial charge in [0.05, 0.1) is 0 Å². The van der Waals surface area contributed by atoms with Crippen molar-refractivity contribution in [3.8, 4) is 18.1 Å². The quantitative estimate of drug-likeness (QED) is 0.788. The van der Waals surface area contributed by atoms with Crippen molar-refractivity contribution in [2.75, 3.05) is 13.2 Å². The summed E-state index contributed by atoms with van der Waals surface area (Å²) in [5.41, 5.74) is 0.624. The van der Waals surface area contributed by atoms with Gasteiger partial charge < -0.3 is 10.1 Å². The summed E-state index contributed by atoms with van der Waals surface area (Å²) in [4.78, 5) is 11.7. The third kappa shape index (κ3) is 4.60. The van der Waals surface area contributed by atoms with E-state index in [1.54, 1.807) is 24.3 Å². The number of carbonyl (C=O) groups excluding carboxylic acids is 1. The summed E-state index contributed by atoms with van der Waals surface area (Å²) >= 11 is 0. The van der Waals surface area contributed by atoms with Gasteiger partial charge >= 0.3 is 0 Å². The molecule has 0 aliphatic heterocycles. The van der Waals surface area contributed by atoms with Gasteiger partial charge in [-0.05, 0) is 30.2 Å². The molecule has 1 aromatic carbocycles. The van der Waals surface area contributed by atoms with E-state index < -0.39 is 0 Å². The molecule has 3 heteroatoms. The van der Waals surface area contributed by atoms with Gasteiger partial charge in [0.25, 0.3) is 5.91 Å². The van der Waals surface area contributed by atoms with Crippen LogP contribution in [0.4, 0.5) is 0 Å². The molecule has 1 amide bonds. The average Bonchev–Trinajstić information content (AvgIpc) is 2.34. The molecule has 0 bridgehead atoms. The Balaban J connectivity index is 2.55. The maximum Gasteiger partial charge on any atom is 0.251 e. The first-order chi connectivity index (χ1) is 8.13. The SMILES string of the molecule is C#CCOc1ccc(C(=O)NCC(C)C)cc1. The molecule has 0 fully saturated rings. The number of carbonyl (C=O) groups is 1. The monoisotopic (exact) mass is 231 g/mol. The van der Waals surface area contributed by atoms with Crippen molar-refractivity contribution in [2.45, 2.75) is 13.8 Å². The van der Waals surface area contributed by atoms with Crippen molar-refractivity contribution >= 4 is 5.91 Å². The van der Waals surface area contributed by atoms with Crippen LogP contribution in [0.5, 0.6) is 5.75 Å². The van der Waals surface area contributed by atoms with Gasteiger partial charge in [-0.25, -0.2) is 0 Å². The van der Waals surface area contributed by atoms with Gasteiger partial charge in [-0.3, -0.25) is 4.79 Å². The number of nitrogens with one attached hydrogen (secondary N) is 1. The second kappa shape index (κ2) is 6.59. The average molecular weight is 231 g/mol. The number of hydrogen-bond acceptors (Lipinski definition) is 2. The minimum Gasteiger partial charge on any atom is -0.481 e. The zero-order chi connectivity index (χ0) is 12.7. The molecule has 3 nitrogen and oxygen atoms in total. The Morgan fingerprint density at radius 3 is 2.59 bits per heavy atom. The van der Waals surface area contributed by atoms with Crippen LogP contribution in [0.25, 0.3) is 0 Å². The predicted octanol–water partition coefficient (Wildman–Crippen LogP) is 2.08. The molecule has 0 saturated carbocycles. The van der Waals surface area contributed by atoms with E-state index in [1.165, 1.54) is 0 Å². The van der Waals surface area contributed by atoms with E-state index >= 15 is 0 Å². The fourth-order valence-corrected chi connectivity index (χ4v) is 1.23. The largest absolute Gasteiger partial charge is 0.481 e. The van der Waals surface area contributed by atoms with Gasteiger partial charge in [-0.2, -0.15) is 0 Å². The Morgan fingerprint density at radius 1 is 1.41 bits per heavy atom. The maximum atomic E-state index is 11.7. The molecule has 0 aromatic heterocycles. The summed E-state index contributed by atoms with van der Waals surface area (Å²) < 4.78 is 5.22. The zero-order valence-corrected chi connectivity index (χ0v) is 10.2. The molecule has 1 N–H and O–H groups in total. The molecule has 1 aromatic rings. The summed E-state index contributed by atoms with van der Waals surface area (Å²) in [6.45, 7) is 5.02. The Hall–Kier alpha value is -1.95. The Bertz CT molecular complexity index is 401. The summed E-state index contributed by atoms with van der Waals surface area (Å²) in [6, 6.07) is 6.92. The molecule has 1 rings (SSSR count). The van der Waals surface area contributed by atoms with Crippen molar-refractivity contribution in [1.29, 1.82) is 0 Å². The second-order valence-corrected chi connectivity index (χ2v) is 4.12. The van der Waals surface area contributed by atoms with E-state index in [9.17, 15) is 4.79 Å². The lowest BCUT2D eigenvalue weighted by atomic mass is 10.2. The molecule has 0 atom stereocenters. The van der Waals surface area contributed by atoms with E-state index in [0.717, 1.165) is 0 Å². The molecular formula is C14H17NO2. The van der Waals surface area contributed by atoms with Crippen LogP contribution in [0.2, 0.25) is 0 Å². The standard InChI is InChI=1S/C14H17NO2/c1-4-9-17-13-7-5-12(6-8-13)14(16)15-10-11(2)3/h1,5-8,11H,9-10H2,2-3H3,(H,15,16). The van der Waals surface area contributed by atoms with Crippen LogP contribution in [0, 0.1) is 18.3 Å². The fraction of sp³-hybridized carbons (Fsp3) is 0.357. The van der Waals surface area contributed by atoms with Crippen LogP contribution in [-0.4, -0.2) is 19.1 Å². The summed E-state index contributed by atoms with van der Waals surface area (Å²) in [5, 5.41) is 2.85. The highest BCUT2D eigenvalue weighted by Crippen LogP contribution is 2.11. The highest BCUT2D eigenvalue weighted by molar-refractivity contribution is 5.94. The van der Waals surface area contributed by atoms with E-state index in [0.29, 0.717) is 23.8 Å². The molecule has 0 aliphatic carbocycles. The van der Waals surface area contributed by atoms with Crippen LogP contribution in [0.1, 0.15) is 24.2 Å². The number of hydrogen-bond donors (Lipinski definition) is 1. The minimum atomic E-state index is -0.0674. The first-order valence-electron chi connectivity index (χ1n) is 5.58. The molecular weight excluding hydrogens is 214 g/mol. The van der Waals surface area contributed by atoms with Gasteiger partial charge in [0.2, 0.25) is 0 Å². The van der Waals surface area contributed by atoms with Gasteiger partial charge in [0.1, 0.15) is 12.4 Å². The summed E-state index contributed by atoms with van der Waals surface area (Å²) in [5.74, 6) is 3.43. The molecule has 0 unspecified atom stereocenters. The van der Waals surface area contributed by atoms with Crippen LogP contribution in [0.15, 0.2) is 24.3 Å². The third-order valence-electron chi connectivity index (χ3n) is 2.11. The number of rotatable bonds is 5. The second-order valence-electron chi connectivity index (χ2n) is 4.12. The first kappa shape index (κ1) is 13.1. The topological polar surface area (TPSA) is 38.3 Å². The van der Waals surface area contributed by atoms with Crippen molar-refractivity contribution in [3.63, 3.8) is 0 Å². The lowest BCUT2D eigenvalue weighted by Gasteiger charge is -2.08. The summed E-state index contributed by atoms with van der Waals surface area (Å²) in [7, 11) is 0. The first-order valence-corrected chi connectivity index (χ1v) is 5.58. The third-order valence-corrected chi connectivity index (χ3v) is 2.11. The summed E-state index contributed by atoms with van der Waals surface area (Å²) in [6.07, 6.45) is 5.08. The minimum absolute atomic E-state index is 0.0674. The van der Waals surface area contributed by atoms with Crippen molar-refractivity contribution in [2.24, 2.45) is 5.92 Å². The predicted molar refractivity (Wildman–Crippen MR) is 67.9 cm³/mol. The van der Waals surface area contributed by atoms with Crippen LogP contribution in [0.3, 0.4) is 0 Å². The maximum absolute atomic E-state index is 11.7. The smallest absolute Gasteiger partial charge is 0.251 e.